The van der Waals surface area contributed by atoms with Gasteiger partial charge in [-0.05, 0) is 54.1 Å². The van der Waals surface area contributed by atoms with Gasteiger partial charge < -0.3 is 5.32 Å². The molecule has 3 fully saturated rings. The van der Waals surface area contributed by atoms with Crippen molar-refractivity contribution >= 4 is 23.4 Å². The van der Waals surface area contributed by atoms with E-state index < -0.39 is 0 Å². The highest BCUT2D eigenvalue weighted by atomic mass is 16.2. The SMILES string of the molecule is CCc1cccc(CC)c1NC(=O)CCN1C(=O)C2C3C=CC(C4CC34)C2C1=O. The average Bonchev–Trinajstić information content (AvgIpc) is 3.51. The Morgan fingerprint density at radius 3 is 2.07 bits per heavy atom. The molecule has 0 spiro atoms. The van der Waals surface area contributed by atoms with Crippen LogP contribution in [0.2, 0.25) is 0 Å². The third-order valence-corrected chi connectivity index (χ3v) is 7.58. The fraction of sp³-hybridized carbons (Fsp3) is 0.542. The number of allylic oxidation sites excluding steroid dienone is 2. The molecular weight excluding hydrogens is 364 g/mol. The van der Waals surface area contributed by atoms with Gasteiger partial charge in [0.2, 0.25) is 17.7 Å². The van der Waals surface area contributed by atoms with Crippen LogP contribution in [0.4, 0.5) is 5.69 Å². The number of anilines is 1. The van der Waals surface area contributed by atoms with Crippen LogP contribution in [0.3, 0.4) is 0 Å². The van der Waals surface area contributed by atoms with Crippen molar-refractivity contribution in [2.45, 2.75) is 39.5 Å². The molecule has 1 aliphatic heterocycles. The predicted octanol–water partition coefficient (Wildman–Crippen LogP) is 3.19. The van der Waals surface area contributed by atoms with Gasteiger partial charge in [0.25, 0.3) is 0 Å². The second-order valence-electron chi connectivity index (χ2n) is 8.94. The molecule has 4 aliphatic carbocycles. The van der Waals surface area contributed by atoms with Crippen LogP contribution in [0.15, 0.2) is 30.4 Å². The zero-order chi connectivity index (χ0) is 20.3. The predicted molar refractivity (Wildman–Crippen MR) is 110 cm³/mol. The molecule has 5 heteroatoms. The number of imide groups is 1. The summed E-state index contributed by atoms with van der Waals surface area (Å²) in [6.45, 7) is 4.32. The number of nitrogens with zero attached hydrogens (tertiary/aromatic N) is 1. The second-order valence-corrected chi connectivity index (χ2v) is 8.94. The molecule has 5 aliphatic rings. The molecule has 6 atom stereocenters. The van der Waals surface area contributed by atoms with E-state index in [9.17, 15) is 14.4 Å². The molecule has 1 saturated heterocycles. The standard InChI is InChI=1S/C24H28N2O3/c1-3-13-6-5-7-14(4-2)22(13)25-19(27)10-11-26-23(28)20-15-8-9-16(18-12-17(15)18)21(20)24(26)29/h5-9,15-18,20-21H,3-4,10-12H2,1-2H3,(H,25,27). The molecule has 152 valence electrons. The lowest BCUT2D eigenvalue weighted by Crippen LogP contribution is -2.40. The van der Waals surface area contributed by atoms with E-state index in [2.05, 4.69) is 31.3 Å². The lowest BCUT2D eigenvalue weighted by molar-refractivity contribution is -0.140. The molecule has 0 aromatic heterocycles. The molecule has 6 unspecified atom stereocenters. The minimum atomic E-state index is -0.183. The average molecular weight is 392 g/mol. The number of hydrogen-bond donors (Lipinski definition) is 1. The maximum atomic E-state index is 13.0. The highest BCUT2D eigenvalue weighted by Crippen LogP contribution is 2.65. The molecule has 29 heavy (non-hydrogen) atoms. The largest absolute Gasteiger partial charge is 0.326 e. The van der Waals surface area contributed by atoms with E-state index in [-0.39, 0.29) is 54.4 Å². The molecule has 3 amide bonds. The van der Waals surface area contributed by atoms with Gasteiger partial charge in [0, 0.05) is 18.7 Å². The van der Waals surface area contributed by atoms with Gasteiger partial charge in [-0.1, -0.05) is 44.2 Å². The van der Waals surface area contributed by atoms with Gasteiger partial charge in [-0.15, -0.1) is 0 Å². The topological polar surface area (TPSA) is 66.5 Å². The zero-order valence-corrected chi connectivity index (χ0v) is 17.1. The lowest BCUT2D eigenvalue weighted by Gasteiger charge is -2.37. The van der Waals surface area contributed by atoms with Crippen molar-refractivity contribution in [3.05, 3.63) is 41.5 Å². The van der Waals surface area contributed by atoms with Crippen LogP contribution in [0.5, 0.6) is 0 Å². The van der Waals surface area contributed by atoms with Crippen LogP contribution >= 0.6 is 0 Å². The first-order valence-electron chi connectivity index (χ1n) is 11.0. The van der Waals surface area contributed by atoms with Crippen LogP contribution in [0, 0.1) is 35.5 Å². The van der Waals surface area contributed by atoms with Gasteiger partial charge in [-0.2, -0.15) is 0 Å². The van der Waals surface area contributed by atoms with E-state index >= 15 is 0 Å². The minimum Gasteiger partial charge on any atom is -0.326 e. The van der Waals surface area contributed by atoms with Crippen molar-refractivity contribution in [3.63, 3.8) is 0 Å². The second kappa shape index (κ2) is 6.82. The monoisotopic (exact) mass is 392 g/mol. The smallest absolute Gasteiger partial charge is 0.233 e. The van der Waals surface area contributed by atoms with E-state index in [1.165, 1.54) is 4.90 Å². The van der Waals surface area contributed by atoms with Gasteiger partial charge in [0.1, 0.15) is 0 Å². The Morgan fingerprint density at radius 2 is 1.55 bits per heavy atom. The quantitative estimate of drug-likeness (QED) is 0.597. The fourth-order valence-corrected chi connectivity index (χ4v) is 6.06. The highest BCUT2D eigenvalue weighted by Gasteiger charge is 2.66. The number of carbonyl (C=O) groups excluding carboxylic acids is 3. The minimum absolute atomic E-state index is 0.0549. The molecule has 2 saturated carbocycles. The molecule has 5 nitrogen and oxygen atoms in total. The number of hydrogen-bond acceptors (Lipinski definition) is 3. The Morgan fingerprint density at radius 1 is 1.00 bits per heavy atom. The molecule has 0 radical (unpaired) electrons. The molecule has 1 aromatic rings. The Bertz CT molecular complexity index is 862. The van der Waals surface area contributed by atoms with Crippen molar-refractivity contribution in [1.29, 1.82) is 0 Å². The van der Waals surface area contributed by atoms with Crippen LogP contribution in [-0.2, 0) is 27.2 Å². The summed E-state index contributed by atoms with van der Waals surface area (Å²) in [5.74, 6) is 1.05. The Balaban J connectivity index is 1.26. The Labute approximate surface area is 171 Å². The summed E-state index contributed by atoms with van der Waals surface area (Å²) in [7, 11) is 0. The number of benzene rings is 1. The normalized spacial score (nSPS) is 33.7. The van der Waals surface area contributed by atoms with Crippen molar-refractivity contribution < 1.29 is 14.4 Å². The van der Waals surface area contributed by atoms with Gasteiger partial charge in [0.05, 0.1) is 11.8 Å². The summed E-state index contributed by atoms with van der Waals surface area (Å²) in [4.78, 5) is 40.1. The number of aryl methyl sites for hydroxylation is 2. The summed E-state index contributed by atoms with van der Waals surface area (Å²) >= 11 is 0. The van der Waals surface area contributed by atoms with Crippen molar-refractivity contribution in [1.82, 2.24) is 4.90 Å². The van der Waals surface area contributed by atoms with Crippen molar-refractivity contribution in [2.24, 2.45) is 35.5 Å². The molecule has 1 N–H and O–H groups in total. The maximum Gasteiger partial charge on any atom is 0.233 e. The first-order chi connectivity index (χ1) is 14.0. The molecule has 1 aromatic carbocycles. The number of likely N-dealkylation sites (tertiary alicyclic amines) is 1. The van der Waals surface area contributed by atoms with E-state index in [0.717, 1.165) is 36.1 Å². The van der Waals surface area contributed by atoms with Gasteiger partial charge in [-0.3, -0.25) is 19.3 Å². The Kier molecular flexibility index (Phi) is 4.37. The molecular formula is C24H28N2O3. The van der Waals surface area contributed by atoms with Crippen molar-refractivity contribution in [3.8, 4) is 0 Å². The van der Waals surface area contributed by atoms with Crippen LogP contribution in [0.1, 0.15) is 37.8 Å². The van der Waals surface area contributed by atoms with E-state index in [4.69, 9.17) is 0 Å². The zero-order valence-electron chi connectivity index (χ0n) is 17.1. The summed E-state index contributed by atoms with van der Waals surface area (Å²) in [5.41, 5.74) is 3.11. The van der Waals surface area contributed by atoms with Crippen molar-refractivity contribution in [2.75, 3.05) is 11.9 Å². The number of rotatable bonds is 6. The summed E-state index contributed by atoms with van der Waals surface area (Å²) in [5, 5.41) is 3.04. The molecule has 1 heterocycles. The summed E-state index contributed by atoms with van der Waals surface area (Å²) in [6.07, 6.45) is 7.34. The van der Waals surface area contributed by atoms with Gasteiger partial charge in [-0.25, -0.2) is 0 Å². The number of para-hydroxylation sites is 1. The highest BCUT2D eigenvalue weighted by molar-refractivity contribution is 6.06. The number of nitrogens with one attached hydrogen (secondary N) is 1. The third-order valence-electron chi connectivity index (χ3n) is 7.58. The Hall–Kier alpha value is -2.43. The number of carbonyl (C=O) groups is 3. The lowest BCUT2D eigenvalue weighted by atomic mass is 9.63. The van der Waals surface area contributed by atoms with E-state index in [1.807, 2.05) is 18.2 Å². The molecule has 2 bridgehead atoms. The fourth-order valence-electron chi connectivity index (χ4n) is 6.06. The number of amides is 3. The van der Waals surface area contributed by atoms with E-state index in [0.29, 0.717) is 11.8 Å². The van der Waals surface area contributed by atoms with E-state index in [1.54, 1.807) is 0 Å². The van der Waals surface area contributed by atoms with Crippen LogP contribution in [0.25, 0.3) is 0 Å². The first-order valence-corrected chi connectivity index (χ1v) is 11.0. The van der Waals surface area contributed by atoms with Crippen LogP contribution < -0.4 is 5.32 Å². The summed E-state index contributed by atoms with van der Waals surface area (Å²) in [6, 6.07) is 6.08. The molecule has 6 rings (SSSR count). The third kappa shape index (κ3) is 2.77. The summed E-state index contributed by atoms with van der Waals surface area (Å²) < 4.78 is 0. The van der Waals surface area contributed by atoms with Gasteiger partial charge >= 0.3 is 0 Å². The van der Waals surface area contributed by atoms with Crippen LogP contribution in [-0.4, -0.2) is 29.2 Å². The maximum absolute atomic E-state index is 13.0. The first kappa shape index (κ1) is 18.6. The van der Waals surface area contributed by atoms with Gasteiger partial charge in [0.15, 0.2) is 0 Å².